The molecule has 1 N–H and O–H groups in total. The molecule has 0 aliphatic rings. The van der Waals surface area contributed by atoms with Crippen LogP contribution < -0.4 is 5.32 Å². The van der Waals surface area contributed by atoms with E-state index in [1.807, 2.05) is 27.7 Å². The second-order valence-electron chi connectivity index (χ2n) is 7.16. The van der Waals surface area contributed by atoms with Crippen LogP contribution in [0.25, 0.3) is 16.8 Å². The fraction of sp³-hybridized carbons (Fsp3) is 0.350. The molecule has 0 aliphatic carbocycles. The molecule has 0 bridgehead atoms. The highest BCUT2D eigenvalue weighted by Crippen LogP contribution is 2.35. The SMILES string of the molecule is C=C(c1cc(C(C)(C)NC(C)C)cc(-c2ccc(F)c(Cl)c2)n1)C(F)(F)F. The molecule has 0 amide bonds. The normalized spacial score (nSPS) is 12.5. The molecule has 2 nitrogen and oxygen atoms in total. The van der Waals surface area contributed by atoms with Crippen molar-refractivity contribution in [3.63, 3.8) is 0 Å². The lowest BCUT2D eigenvalue weighted by atomic mass is 9.91. The van der Waals surface area contributed by atoms with E-state index in [0.29, 0.717) is 11.1 Å². The molecule has 0 atom stereocenters. The van der Waals surface area contributed by atoms with Crippen molar-refractivity contribution in [1.82, 2.24) is 10.3 Å². The molecule has 0 unspecified atom stereocenters. The Balaban J connectivity index is 2.67. The fourth-order valence-electron chi connectivity index (χ4n) is 2.80. The number of pyridine rings is 1. The summed E-state index contributed by atoms with van der Waals surface area (Å²) < 4.78 is 53.1. The van der Waals surface area contributed by atoms with Gasteiger partial charge in [-0.3, -0.25) is 0 Å². The standard InChI is InChI=1S/C20H21ClF4N2/c1-11(2)27-19(4,5)14-9-17(12(3)20(23,24)25)26-18(10-14)13-6-7-16(22)15(21)8-13/h6-11,27H,3H2,1-2,4-5H3. The van der Waals surface area contributed by atoms with E-state index in [1.54, 1.807) is 6.07 Å². The summed E-state index contributed by atoms with van der Waals surface area (Å²) in [6.07, 6.45) is -4.61. The minimum absolute atomic E-state index is 0.103. The first-order valence-corrected chi connectivity index (χ1v) is 8.71. The van der Waals surface area contributed by atoms with Gasteiger partial charge in [0.1, 0.15) is 5.82 Å². The quantitative estimate of drug-likeness (QED) is 0.591. The Bertz CT molecular complexity index is 858. The maximum atomic E-state index is 13.5. The number of allylic oxidation sites excluding steroid dienone is 1. The van der Waals surface area contributed by atoms with Crippen molar-refractivity contribution in [2.24, 2.45) is 0 Å². The van der Waals surface area contributed by atoms with Crippen LogP contribution in [0, 0.1) is 5.82 Å². The molecule has 2 rings (SSSR count). The summed E-state index contributed by atoms with van der Waals surface area (Å²) in [5.41, 5.74) is -0.681. The molecule has 0 saturated heterocycles. The Kier molecular flexibility index (Phi) is 6.02. The number of hydrogen-bond donors (Lipinski definition) is 1. The van der Waals surface area contributed by atoms with Crippen molar-refractivity contribution in [2.75, 3.05) is 0 Å². The lowest BCUT2D eigenvalue weighted by molar-refractivity contribution is -0.0689. The van der Waals surface area contributed by atoms with Gasteiger partial charge in [0.15, 0.2) is 0 Å². The molecular formula is C20H21ClF4N2. The number of aromatic nitrogens is 1. The first kappa shape index (κ1) is 21.4. The van der Waals surface area contributed by atoms with Crippen molar-refractivity contribution >= 4 is 17.2 Å². The number of rotatable bonds is 5. The maximum Gasteiger partial charge on any atom is 0.417 e. The molecule has 0 fully saturated rings. The second kappa shape index (κ2) is 7.60. The van der Waals surface area contributed by atoms with Gasteiger partial charge in [-0.2, -0.15) is 13.2 Å². The largest absolute Gasteiger partial charge is 0.417 e. The molecule has 0 saturated carbocycles. The number of alkyl halides is 3. The van der Waals surface area contributed by atoms with Crippen molar-refractivity contribution in [1.29, 1.82) is 0 Å². The zero-order chi connectivity index (χ0) is 20.6. The van der Waals surface area contributed by atoms with Gasteiger partial charge in [-0.1, -0.05) is 32.0 Å². The molecule has 1 heterocycles. The summed E-state index contributed by atoms with van der Waals surface area (Å²) in [4.78, 5) is 4.11. The van der Waals surface area contributed by atoms with Gasteiger partial charge >= 0.3 is 6.18 Å². The van der Waals surface area contributed by atoms with Gasteiger partial charge in [0, 0.05) is 17.1 Å². The molecule has 0 radical (unpaired) electrons. The summed E-state index contributed by atoms with van der Waals surface area (Å²) in [6.45, 7) is 10.8. The topological polar surface area (TPSA) is 24.9 Å². The van der Waals surface area contributed by atoms with Crippen LogP contribution in [0.15, 0.2) is 36.9 Å². The van der Waals surface area contributed by atoms with Gasteiger partial charge in [0.2, 0.25) is 0 Å². The predicted octanol–water partition coefficient (Wildman–Crippen LogP) is 6.35. The van der Waals surface area contributed by atoms with Crippen LogP contribution in [0.2, 0.25) is 5.02 Å². The van der Waals surface area contributed by atoms with E-state index in [4.69, 9.17) is 11.6 Å². The summed E-state index contributed by atoms with van der Waals surface area (Å²) in [6, 6.07) is 7.07. The third kappa shape index (κ3) is 5.08. The van der Waals surface area contributed by atoms with E-state index in [0.717, 1.165) is 6.07 Å². The van der Waals surface area contributed by atoms with E-state index in [-0.39, 0.29) is 22.5 Å². The van der Waals surface area contributed by atoms with E-state index in [2.05, 4.69) is 16.9 Å². The Morgan fingerprint density at radius 2 is 1.78 bits per heavy atom. The number of nitrogens with one attached hydrogen (secondary N) is 1. The second-order valence-corrected chi connectivity index (χ2v) is 7.56. The third-order valence-electron chi connectivity index (χ3n) is 4.06. The fourth-order valence-corrected chi connectivity index (χ4v) is 2.98. The monoisotopic (exact) mass is 400 g/mol. The highest BCUT2D eigenvalue weighted by atomic mass is 35.5. The molecule has 1 aromatic heterocycles. The van der Waals surface area contributed by atoms with E-state index in [1.165, 1.54) is 18.2 Å². The molecular weight excluding hydrogens is 380 g/mol. The molecule has 7 heteroatoms. The predicted molar refractivity (Wildman–Crippen MR) is 101 cm³/mol. The highest BCUT2D eigenvalue weighted by Gasteiger charge is 2.35. The lowest BCUT2D eigenvalue weighted by Gasteiger charge is -2.30. The first-order chi connectivity index (χ1) is 12.3. The molecule has 0 aliphatic heterocycles. The smallest absolute Gasteiger partial charge is 0.306 e. The number of halogens is 5. The summed E-state index contributed by atoms with van der Waals surface area (Å²) in [7, 11) is 0. The molecule has 1 aromatic carbocycles. The van der Waals surface area contributed by atoms with Crippen molar-refractivity contribution in [3.05, 3.63) is 59.0 Å². The third-order valence-corrected chi connectivity index (χ3v) is 4.35. The molecule has 146 valence electrons. The number of nitrogens with zero attached hydrogens (tertiary/aromatic N) is 1. The number of benzene rings is 1. The summed E-state index contributed by atoms with van der Waals surface area (Å²) >= 11 is 5.82. The van der Waals surface area contributed by atoms with Crippen molar-refractivity contribution < 1.29 is 17.6 Å². The van der Waals surface area contributed by atoms with Crippen LogP contribution >= 0.6 is 11.6 Å². The van der Waals surface area contributed by atoms with Crippen molar-refractivity contribution in [3.8, 4) is 11.3 Å². The Hall–Kier alpha value is -1.92. The van der Waals surface area contributed by atoms with Gasteiger partial charge in [-0.05, 0) is 49.7 Å². The zero-order valence-electron chi connectivity index (χ0n) is 15.5. The van der Waals surface area contributed by atoms with Crippen LogP contribution in [0.5, 0.6) is 0 Å². The van der Waals surface area contributed by atoms with Crippen LogP contribution in [-0.2, 0) is 5.54 Å². The zero-order valence-corrected chi connectivity index (χ0v) is 16.3. The van der Waals surface area contributed by atoms with E-state index >= 15 is 0 Å². The van der Waals surface area contributed by atoms with Crippen molar-refractivity contribution in [2.45, 2.75) is 45.5 Å². The molecule has 27 heavy (non-hydrogen) atoms. The average Bonchev–Trinajstić information content (AvgIpc) is 2.54. The van der Waals surface area contributed by atoms with Gasteiger partial charge in [-0.25, -0.2) is 9.37 Å². The molecule has 0 spiro atoms. The minimum Gasteiger partial charge on any atom is -0.306 e. The van der Waals surface area contributed by atoms with Crippen LogP contribution in [0.1, 0.15) is 39.0 Å². The lowest BCUT2D eigenvalue weighted by Crippen LogP contribution is -2.41. The van der Waals surface area contributed by atoms with Crippen LogP contribution in [-0.4, -0.2) is 17.2 Å². The molecule has 2 aromatic rings. The van der Waals surface area contributed by atoms with E-state index in [9.17, 15) is 17.6 Å². The first-order valence-electron chi connectivity index (χ1n) is 8.33. The highest BCUT2D eigenvalue weighted by molar-refractivity contribution is 6.31. The van der Waals surface area contributed by atoms with Gasteiger partial charge in [0.25, 0.3) is 0 Å². The van der Waals surface area contributed by atoms with Gasteiger partial charge < -0.3 is 5.32 Å². The van der Waals surface area contributed by atoms with E-state index < -0.39 is 23.1 Å². The summed E-state index contributed by atoms with van der Waals surface area (Å²) in [5.74, 6) is -0.613. The van der Waals surface area contributed by atoms with Crippen LogP contribution in [0.4, 0.5) is 17.6 Å². The van der Waals surface area contributed by atoms with Crippen LogP contribution in [0.3, 0.4) is 0 Å². The average molecular weight is 401 g/mol. The Morgan fingerprint density at radius 3 is 2.30 bits per heavy atom. The Labute approximate surface area is 161 Å². The number of hydrogen-bond acceptors (Lipinski definition) is 2. The minimum atomic E-state index is -4.61. The summed E-state index contributed by atoms with van der Waals surface area (Å²) in [5, 5.41) is 3.19. The van der Waals surface area contributed by atoms with Gasteiger partial charge in [0.05, 0.1) is 22.0 Å². The van der Waals surface area contributed by atoms with Gasteiger partial charge in [-0.15, -0.1) is 0 Å². The Morgan fingerprint density at radius 1 is 1.15 bits per heavy atom. The maximum absolute atomic E-state index is 13.5.